The Bertz CT molecular complexity index is 929. The minimum atomic E-state index is -0.166. The molecule has 0 atom stereocenters. The van der Waals surface area contributed by atoms with Crippen LogP contribution in [0.15, 0.2) is 54.6 Å². The second-order valence-corrected chi connectivity index (χ2v) is 5.84. The molecule has 25 heavy (non-hydrogen) atoms. The van der Waals surface area contributed by atoms with Crippen LogP contribution in [0.1, 0.15) is 21.6 Å². The molecule has 2 aromatic carbocycles. The molecule has 3 aromatic rings. The highest BCUT2D eigenvalue weighted by molar-refractivity contribution is 6.04. The second kappa shape index (κ2) is 6.91. The monoisotopic (exact) mass is 336 g/mol. The zero-order valence-corrected chi connectivity index (χ0v) is 14.5. The van der Waals surface area contributed by atoms with Gasteiger partial charge in [0.15, 0.2) is 0 Å². The number of hydrogen-bond donors (Lipinski definition) is 0. The molecule has 0 spiro atoms. The number of carbonyl (C=O) groups is 2. The number of likely N-dealkylation sites (N-methyl/N-ethyl adjacent to an activating group) is 1. The Morgan fingerprint density at radius 3 is 2.36 bits per heavy atom. The summed E-state index contributed by atoms with van der Waals surface area (Å²) in [5.74, 6) is -0.270. The Morgan fingerprint density at radius 1 is 1.04 bits per heavy atom. The van der Waals surface area contributed by atoms with E-state index in [1.807, 2.05) is 49.4 Å². The molecule has 0 radical (unpaired) electrons. The Hall–Kier alpha value is -2.92. The van der Waals surface area contributed by atoms with Gasteiger partial charge in [-0.1, -0.05) is 36.4 Å². The van der Waals surface area contributed by atoms with Crippen molar-refractivity contribution in [3.05, 3.63) is 71.4 Å². The molecule has 3 rings (SSSR count). The van der Waals surface area contributed by atoms with E-state index in [0.29, 0.717) is 5.56 Å². The van der Waals surface area contributed by atoms with Gasteiger partial charge in [-0.2, -0.15) is 0 Å². The second-order valence-electron chi connectivity index (χ2n) is 5.84. The van der Waals surface area contributed by atoms with Gasteiger partial charge in [0.2, 0.25) is 5.91 Å². The summed E-state index contributed by atoms with van der Waals surface area (Å²) in [7, 11) is 3.03. The predicted molar refractivity (Wildman–Crippen MR) is 96.3 cm³/mol. The van der Waals surface area contributed by atoms with E-state index in [1.165, 1.54) is 12.2 Å². The van der Waals surface area contributed by atoms with Crippen LogP contribution in [0.5, 0.6) is 0 Å². The third kappa shape index (κ3) is 3.06. The predicted octanol–water partition coefficient (Wildman–Crippen LogP) is 3.20. The number of hydroxylamine groups is 2. The van der Waals surface area contributed by atoms with Gasteiger partial charge in [-0.25, -0.2) is 5.06 Å². The van der Waals surface area contributed by atoms with Gasteiger partial charge < -0.3 is 0 Å². The summed E-state index contributed by atoms with van der Waals surface area (Å²) >= 11 is 0. The van der Waals surface area contributed by atoms with Crippen LogP contribution < -0.4 is 0 Å². The first-order chi connectivity index (χ1) is 12.0. The molecule has 0 bridgehead atoms. The van der Waals surface area contributed by atoms with Crippen molar-refractivity contribution in [3.8, 4) is 0 Å². The van der Waals surface area contributed by atoms with Crippen molar-refractivity contribution in [2.45, 2.75) is 13.3 Å². The molecular formula is C20H20N2O3. The Morgan fingerprint density at radius 2 is 1.68 bits per heavy atom. The molecule has 0 saturated heterocycles. The Balaban J connectivity index is 2.13. The van der Waals surface area contributed by atoms with E-state index in [9.17, 15) is 9.59 Å². The normalized spacial score (nSPS) is 10.8. The van der Waals surface area contributed by atoms with Gasteiger partial charge in [0.25, 0.3) is 5.91 Å². The molecule has 1 amide bonds. The number of aromatic nitrogens is 1. The van der Waals surface area contributed by atoms with Crippen LogP contribution >= 0.6 is 0 Å². The van der Waals surface area contributed by atoms with Crippen LogP contribution in [-0.2, 0) is 16.1 Å². The van der Waals surface area contributed by atoms with Crippen molar-refractivity contribution in [1.82, 2.24) is 9.63 Å². The number of carbonyl (C=O) groups excluding carboxylic acids is 2. The van der Waals surface area contributed by atoms with Crippen molar-refractivity contribution in [1.29, 1.82) is 0 Å². The molecule has 0 aliphatic heterocycles. The fourth-order valence-corrected chi connectivity index (χ4v) is 2.99. The van der Waals surface area contributed by atoms with Crippen LogP contribution in [0.2, 0.25) is 0 Å². The topological polar surface area (TPSA) is 51.5 Å². The average Bonchev–Trinajstić information content (AvgIpc) is 2.93. The van der Waals surface area contributed by atoms with Crippen LogP contribution in [0.4, 0.5) is 0 Å². The van der Waals surface area contributed by atoms with Crippen LogP contribution in [0.25, 0.3) is 10.9 Å². The molecule has 0 aliphatic carbocycles. The number of amides is 1. The molecule has 1 aromatic heterocycles. The van der Waals surface area contributed by atoms with Gasteiger partial charge in [-0.15, -0.1) is 0 Å². The fraction of sp³-hybridized carbons (Fsp3) is 0.200. The lowest BCUT2D eigenvalue weighted by molar-refractivity contribution is -0.167. The number of benzene rings is 2. The minimum absolute atomic E-state index is 0.104. The number of nitrogens with zero attached hydrogens (tertiary/aromatic N) is 2. The summed E-state index contributed by atoms with van der Waals surface area (Å²) in [6.07, 6.45) is 0.172. The molecule has 0 fully saturated rings. The van der Waals surface area contributed by atoms with E-state index in [4.69, 9.17) is 4.84 Å². The molecule has 0 N–H and O–H groups in total. The van der Waals surface area contributed by atoms with Crippen LogP contribution in [-0.4, -0.2) is 35.6 Å². The number of hydrogen-bond acceptors (Lipinski definition) is 3. The molecule has 5 heteroatoms. The number of rotatable bonds is 4. The highest BCUT2D eigenvalue weighted by Gasteiger charge is 2.22. The molecule has 1 heterocycles. The zero-order chi connectivity index (χ0) is 18.0. The average molecular weight is 336 g/mol. The summed E-state index contributed by atoms with van der Waals surface area (Å²) in [5, 5.41) is 2.10. The van der Waals surface area contributed by atoms with E-state index >= 15 is 0 Å². The first-order valence-corrected chi connectivity index (χ1v) is 8.04. The maximum absolute atomic E-state index is 13.0. The molecule has 0 unspecified atom stereocenters. The lowest BCUT2D eigenvalue weighted by Crippen LogP contribution is -2.27. The first-order valence-electron chi connectivity index (χ1n) is 8.04. The maximum Gasteiger partial charge on any atom is 0.262 e. The SMILES string of the molecule is CON(C)C(=O)Cc1c(C)n(C(=O)c2ccccc2)c2ccccc12. The third-order valence-electron chi connectivity index (χ3n) is 4.42. The van der Waals surface area contributed by atoms with Crippen molar-refractivity contribution in [2.75, 3.05) is 14.2 Å². The van der Waals surface area contributed by atoms with E-state index in [2.05, 4.69) is 0 Å². The van der Waals surface area contributed by atoms with E-state index < -0.39 is 0 Å². The molecule has 5 nitrogen and oxygen atoms in total. The van der Waals surface area contributed by atoms with Gasteiger partial charge in [-0.3, -0.25) is 19.0 Å². The maximum atomic E-state index is 13.0. The molecule has 0 aliphatic rings. The van der Waals surface area contributed by atoms with Gasteiger partial charge in [0.1, 0.15) is 0 Å². The number of para-hydroxylation sites is 1. The standard InChI is InChI=1S/C20H20N2O3/c1-14-17(13-19(23)21(2)25-3)16-11-7-8-12-18(16)22(14)20(24)15-9-5-4-6-10-15/h4-12H,13H2,1-3H3. The number of fused-ring (bicyclic) bond motifs is 1. The minimum Gasteiger partial charge on any atom is -0.280 e. The van der Waals surface area contributed by atoms with Crippen molar-refractivity contribution >= 4 is 22.7 Å². The van der Waals surface area contributed by atoms with Crippen molar-refractivity contribution in [2.24, 2.45) is 0 Å². The highest BCUT2D eigenvalue weighted by Crippen LogP contribution is 2.27. The largest absolute Gasteiger partial charge is 0.280 e. The lowest BCUT2D eigenvalue weighted by atomic mass is 10.1. The van der Waals surface area contributed by atoms with Crippen molar-refractivity contribution < 1.29 is 14.4 Å². The fourth-order valence-electron chi connectivity index (χ4n) is 2.99. The van der Waals surface area contributed by atoms with Crippen molar-refractivity contribution in [3.63, 3.8) is 0 Å². The van der Waals surface area contributed by atoms with E-state index in [-0.39, 0.29) is 18.2 Å². The van der Waals surface area contributed by atoms with E-state index in [1.54, 1.807) is 23.7 Å². The molecule has 0 saturated carbocycles. The van der Waals surface area contributed by atoms with Gasteiger partial charge in [0.05, 0.1) is 19.0 Å². The third-order valence-corrected chi connectivity index (χ3v) is 4.42. The van der Waals surface area contributed by atoms with Gasteiger partial charge in [-0.05, 0) is 30.7 Å². The highest BCUT2D eigenvalue weighted by atomic mass is 16.7. The molecular weight excluding hydrogens is 316 g/mol. The van der Waals surface area contributed by atoms with E-state index in [0.717, 1.165) is 22.2 Å². The van der Waals surface area contributed by atoms with Gasteiger partial charge >= 0.3 is 0 Å². The lowest BCUT2D eigenvalue weighted by Gasteiger charge is -2.13. The Kier molecular flexibility index (Phi) is 4.67. The quantitative estimate of drug-likeness (QED) is 0.688. The summed E-state index contributed by atoms with van der Waals surface area (Å²) < 4.78 is 1.68. The summed E-state index contributed by atoms with van der Waals surface area (Å²) in [4.78, 5) is 30.3. The first kappa shape index (κ1) is 16.9. The van der Waals surface area contributed by atoms with Crippen LogP contribution in [0, 0.1) is 6.92 Å². The summed E-state index contributed by atoms with van der Waals surface area (Å²) in [6, 6.07) is 16.8. The smallest absolute Gasteiger partial charge is 0.262 e. The zero-order valence-electron chi connectivity index (χ0n) is 14.5. The molecule has 128 valence electrons. The summed E-state index contributed by atoms with van der Waals surface area (Å²) in [6.45, 7) is 1.87. The van der Waals surface area contributed by atoms with Gasteiger partial charge in [0, 0.05) is 23.7 Å². The Labute approximate surface area is 146 Å². The summed E-state index contributed by atoms with van der Waals surface area (Å²) in [5.41, 5.74) is 3.02. The van der Waals surface area contributed by atoms with Crippen LogP contribution in [0.3, 0.4) is 0 Å².